The summed E-state index contributed by atoms with van der Waals surface area (Å²) < 4.78 is 10.5. The number of carbonyl (C=O) groups excluding carboxylic acids is 2. The predicted molar refractivity (Wildman–Crippen MR) is 242 cm³/mol. The van der Waals surface area contributed by atoms with Crippen molar-refractivity contribution in [2.75, 3.05) is 13.2 Å². The van der Waals surface area contributed by atoms with Crippen LogP contribution in [-0.4, -0.2) is 36.4 Å². The van der Waals surface area contributed by atoms with E-state index in [9.17, 15) is 14.7 Å². The lowest BCUT2D eigenvalue weighted by molar-refractivity contribution is -0.160. The molecule has 0 amide bonds. The van der Waals surface area contributed by atoms with Crippen LogP contribution in [0.5, 0.6) is 0 Å². The van der Waals surface area contributed by atoms with E-state index in [0.717, 1.165) is 77.0 Å². The molecular formula is C51H82O5. The normalized spacial score (nSPS) is 13.3. The maximum Gasteiger partial charge on any atom is 0.310 e. The van der Waals surface area contributed by atoms with E-state index in [-0.39, 0.29) is 25.6 Å². The Morgan fingerprint density at radius 3 is 1.16 bits per heavy atom. The Labute approximate surface area is 344 Å². The lowest BCUT2D eigenvalue weighted by atomic mass is 10.0. The van der Waals surface area contributed by atoms with Crippen molar-refractivity contribution in [1.82, 2.24) is 0 Å². The second-order valence-corrected chi connectivity index (χ2v) is 14.4. The highest BCUT2D eigenvalue weighted by Crippen LogP contribution is 2.14. The minimum absolute atomic E-state index is 0.112. The number of ether oxygens (including phenoxy) is 2. The van der Waals surface area contributed by atoms with Crippen LogP contribution in [0.15, 0.2) is 109 Å². The number of aliphatic hydroxyl groups excluding tert-OH is 1. The van der Waals surface area contributed by atoms with Crippen molar-refractivity contribution in [3.8, 4) is 0 Å². The summed E-state index contributed by atoms with van der Waals surface area (Å²) in [5.41, 5.74) is 0. The number of hydrogen-bond donors (Lipinski definition) is 1. The van der Waals surface area contributed by atoms with Crippen LogP contribution >= 0.6 is 0 Å². The van der Waals surface area contributed by atoms with E-state index in [0.29, 0.717) is 6.42 Å². The molecule has 1 unspecified atom stereocenters. The van der Waals surface area contributed by atoms with Gasteiger partial charge in [0.25, 0.3) is 0 Å². The van der Waals surface area contributed by atoms with Gasteiger partial charge in [-0.05, 0) is 77.0 Å². The number of allylic oxidation sites excluding steroid dienone is 17. The second kappa shape index (κ2) is 45.9. The lowest BCUT2D eigenvalue weighted by Gasteiger charge is -2.15. The third-order valence-corrected chi connectivity index (χ3v) is 9.09. The van der Waals surface area contributed by atoms with Crippen LogP contribution in [0.3, 0.4) is 0 Å². The second-order valence-electron chi connectivity index (χ2n) is 14.4. The van der Waals surface area contributed by atoms with Gasteiger partial charge in [-0.1, -0.05) is 200 Å². The van der Waals surface area contributed by atoms with E-state index in [1.807, 2.05) is 6.08 Å². The first-order valence-corrected chi connectivity index (χ1v) is 22.4. The van der Waals surface area contributed by atoms with E-state index in [4.69, 9.17) is 9.47 Å². The molecule has 0 aromatic heterocycles. The summed E-state index contributed by atoms with van der Waals surface area (Å²) in [7, 11) is 0. The molecular weight excluding hydrogens is 693 g/mol. The Bertz CT molecular complexity index is 1150. The lowest BCUT2D eigenvalue weighted by Crippen LogP contribution is -2.28. The highest BCUT2D eigenvalue weighted by Gasteiger charge is 2.15. The molecule has 0 aliphatic heterocycles. The summed E-state index contributed by atoms with van der Waals surface area (Å²) in [6.45, 7) is 3.82. The van der Waals surface area contributed by atoms with Crippen molar-refractivity contribution in [2.24, 2.45) is 0 Å². The van der Waals surface area contributed by atoms with Crippen LogP contribution in [0.25, 0.3) is 0 Å². The zero-order valence-electron chi connectivity index (χ0n) is 35.8. The molecule has 0 saturated carbocycles. The molecule has 0 aromatic carbocycles. The number of esters is 2. The molecule has 0 spiro atoms. The first-order chi connectivity index (χ1) is 27.6. The van der Waals surface area contributed by atoms with Gasteiger partial charge in [0.15, 0.2) is 6.10 Å². The molecule has 0 heterocycles. The SMILES string of the molecule is CC/C=C\C/C=C\C/C=C\C/C=C\C/C=C\CC(=O)OC(CO)COC(=O)CCCCCCCCCCCCCCCC/C=C\C/C=C\C/C=C\C/C=C\CC. The molecule has 0 bridgehead atoms. The molecule has 0 aliphatic rings. The van der Waals surface area contributed by atoms with Gasteiger partial charge in [0.2, 0.25) is 0 Å². The van der Waals surface area contributed by atoms with Crippen molar-refractivity contribution in [3.05, 3.63) is 109 Å². The van der Waals surface area contributed by atoms with Gasteiger partial charge in [0, 0.05) is 6.42 Å². The topological polar surface area (TPSA) is 72.8 Å². The number of unbranched alkanes of at least 4 members (excludes halogenated alkanes) is 14. The average Bonchev–Trinajstić information content (AvgIpc) is 3.20. The zero-order chi connectivity index (χ0) is 40.7. The van der Waals surface area contributed by atoms with E-state index < -0.39 is 12.1 Å². The molecule has 0 fully saturated rings. The first kappa shape index (κ1) is 52.6. The fourth-order valence-corrected chi connectivity index (χ4v) is 5.80. The molecule has 1 N–H and O–H groups in total. The monoisotopic (exact) mass is 775 g/mol. The van der Waals surface area contributed by atoms with E-state index in [1.165, 1.54) is 77.0 Å². The summed E-state index contributed by atoms with van der Waals surface area (Å²) >= 11 is 0. The molecule has 1 atom stereocenters. The third kappa shape index (κ3) is 43.3. The van der Waals surface area contributed by atoms with Gasteiger partial charge in [-0.2, -0.15) is 0 Å². The molecule has 0 radical (unpaired) electrons. The highest BCUT2D eigenvalue weighted by atomic mass is 16.6. The van der Waals surface area contributed by atoms with E-state index in [2.05, 4.69) is 111 Å². The van der Waals surface area contributed by atoms with Gasteiger partial charge >= 0.3 is 11.9 Å². The maximum atomic E-state index is 12.1. The van der Waals surface area contributed by atoms with Crippen molar-refractivity contribution >= 4 is 11.9 Å². The number of aliphatic hydroxyl groups is 1. The smallest absolute Gasteiger partial charge is 0.310 e. The van der Waals surface area contributed by atoms with Crippen molar-refractivity contribution in [1.29, 1.82) is 0 Å². The summed E-state index contributed by atoms with van der Waals surface area (Å²) in [6.07, 6.45) is 66.2. The summed E-state index contributed by atoms with van der Waals surface area (Å²) in [4.78, 5) is 24.3. The molecule has 0 rings (SSSR count). The summed E-state index contributed by atoms with van der Waals surface area (Å²) in [6, 6.07) is 0. The quantitative estimate of drug-likeness (QED) is 0.0382. The van der Waals surface area contributed by atoms with Crippen molar-refractivity contribution in [2.45, 2.75) is 187 Å². The molecule has 5 nitrogen and oxygen atoms in total. The molecule has 0 saturated heterocycles. The van der Waals surface area contributed by atoms with Crippen LogP contribution in [0.2, 0.25) is 0 Å². The van der Waals surface area contributed by atoms with E-state index in [1.54, 1.807) is 6.08 Å². The van der Waals surface area contributed by atoms with Crippen LogP contribution in [0.1, 0.15) is 181 Å². The van der Waals surface area contributed by atoms with E-state index >= 15 is 0 Å². The largest absolute Gasteiger partial charge is 0.462 e. The van der Waals surface area contributed by atoms with Gasteiger partial charge < -0.3 is 14.6 Å². The molecule has 0 aromatic rings. The Morgan fingerprint density at radius 2 is 0.768 bits per heavy atom. The van der Waals surface area contributed by atoms with Gasteiger partial charge in [0.1, 0.15) is 6.61 Å². The Balaban J connectivity index is 3.60. The summed E-state index contributed by atoms with van der Waals surface area (Å²) in [5.74, 6) is -0.746. The number of carbonyl (C=O) groups is 2. The molecule has 0 aliphatic carbocycles. The Kier molecular flexibility index (Phi) is 43.1. The van der Waals surface area contributed by atoms with Crippen LogP contribution < -0.4 is 0 Å². The van der Waals surface area contributed by atoms with Gasteiger partial charge in [-0.3, -0.25) is 9.59 Å². The Morgan fingerprint density at radius 1 is 0.429 bits per heavy atom. The minimum atomic E-state index is -0.832. The van der Waals surface area contributed by atoms with Crippen molar-refractivity contribution < 1.29 is 24.2 Å². The van der Waals surface area contributed by atoms with Crippen LogP contribution in [0, 0.1) is 0 Å². The van der Waals surface area contributed by atoms with Gasteiger partial charge in [-0.25, -0.2) is 0 Å². The molecule has 316 valence electrons. The Hall–Kier alpha value is -3.44. The standard InChI is InChI=1S/C51H82O5/c1-3-5-7-9-11-13-15-17-19-20-21-22-23-24-25-26-27-28-29-30-32-33-35-37-39-41-43-45-50(53)55-48-49(47-52)56-51(54)46-44-42-40-38-36-34-31-18-16-14-12-10-8-6-4-2/h5-8,11-14,17-19,21-22,31,36,38,42,44,49,52H,3-4,9-10,15-16,20,23-30,32-35,37,39-41,43,45-48H2,1-2H3/b7-5-,8-6-,13-11-,14-12-,19-17-,22-21-,31-18-,38-36-,44-42-. The fourth-order valence-electron chi connectivity index (χ4n) is 5.80. The predicted octanol–water partition coefficient (Wildman–Crippen LogP) is 14.6. The van der Waals surface area contributed by atoms with Crippen LogP contribution in [0.4, 0.5) is 0 Å². The maximum absolute atomic E-state index is 12.1. The third-order valence-electron chi connectivity index (χ3n) is 9.09. The molecule has 5 heteroatoms. The zero-order valence-corrected chi connectivity index (χ0v) is 35.8. The van der Waals surface area contributed by atoms with Crippen LogP contribution in [-0.2, 0) is 19.1 Å². The highest BCUT2D eigenvalue weighted by molar-refractivity contribution is 5.71. The fraction of sp³-hybridized carbons (Fsp3) is 0.608. The number of hydrogen-bond acceptors (Lipinski definition) is 5. The number of rotatable bonds is 39. The molecule has 56 heavy (non-hydrogen) atoms. The van der Waals surface area contributed by atoms with Gasteiger partial charge in [0.05, 0.1) is 13.0 Å². The van der Waals surface area contributed by atoms with Gasteiger partial charge in [-0.15, -0.1) is 0 Å². The first-order valence-electron chi connectivity index (χ1n) is 22.4. The average molecular weight is 775 g/mol. The summed E-state index contributed by atoms with van der Waals surface area (Å²) in [5, 5.41) is 9.56. The minimum Gasteiger partial charge on any atom is -0.462 e. The van der Waals surface area contributed by atoms with Crippen molar-refractivity contribution in [3.63, 3.8) is 0 Å².